The summed E-state index contributed by atoms with van der Waals surface area (Å²) >= 11 is 0. The maximum absolute atomic E-state index is 13.3. The van der Waals surface area contributed by atoms with Crippen LogP contribution >= 0.6 is 0 Å². The lowest BCUT2D eigenvalue weighted by atomic mass is 9.85. The molecular formula is C26H29N5O2. The first-order valence-electron chi connectivity index (χ1n) is 11.3. The van der Waals surface area contributed by atoms with Crippen LogP contribution in [0.5, 0.6) is 0 Å². The van der Waals surface area contributed by atoms with Crippen LogP contribution < -0.4 is 10.6 Å². The predicted octanol–water partition coefficient (Wildman–Crippen LogP) is 3.77. The maximum atomic E-state index is 13.3. The third kappa shape index (κ3) is 4.90. The summed E-state index contributed by atoms with van der Waals surface area (Å²) in [4.78, 5) is 26.3. The lowest BCUT2D eigenvalue weighted by Gasteiger charge is -2.34. The van der Waals surface area contributed by atoms with Gasteiger partial charge in [0.2, 0.25) is 5.91 Å². The van der Waals surface area contributed by atoms with Crippen molar-refractivity contribution in [3.63, 3.8) is 0 Å². The van der Waals surface area contributed by atoms with Gasteiger partial charge in [-0.05, 0) is 48.4 Å². The van der Waals surface area contributed by atoms with Crippen LogP contribution in [-0.4, -0.2) is 33.7 Å². The lowest BCUT2D eigenvalue weighted by Crippen LogP contribution is -2.56. The van der Waals surface area contributed by atoms with Gasteiger partial charge in [-0.15, -0.1) is 0 Å². The van der Waals surface area contributed by atoms with E-state index in [1.807, 2.05) is 57.2 Å². The number of aromatic nitrogens is 2. The number of nitrogens with zero attached hydrogens (tertiary/aromatic N) is 3. The van der Waals surface area contributed by atoms with Gasteiger partial charge in [0, 0.05) is 11.4 Å². The van der Waals surface area contributed by atoms with Crippen molar-refractivity contribution in [2.75, 3.05) is 0 Å². The fraction of sp³-hybridized carbons (Fsp3) is 0.385. The van der Waals surface area contributed by atoms with Crippen molar-refractivity contribution in [1.29, 1.82) is 5.26 Å². The summed E-state index contributed by atoms with van der Waals surface area (Å²) < 4.78 is 1.78. The van der Waals surface area contributed by atoms with Crippen LogP contribution in [0.4, 0.5) is 0 Å². The molecule has 33 heavy (non-hydrogen) atoms. The average Bonchev–Trinajstić information content (AvgIpc) is 3.12. The molecule has 1 aromatic heterocycles. The first-order chi connectivity index (χ1) is 15.8. The highest BCUT2D eigenvalue weighted by Gasteiger charge is 2.35. The molecule has 2 amide bonds. The van der Waals surface area contributed by atoms with E-state index in [2.05, 4.69) is 21.8 Å². The average molecular weight is 444 g/mol. The molecule has 7 heteroatoms. The number of fused-ring (bicyclic) bond motifs is 1. The molecule has 2 aromatic carbocycles. The Morgan fingerprint density at radius 1 is 1.15 bits per heavy atom. The third-order valence-electron chi connectivity index (χ3n) is 6.14. The summed E-state index contributed by atoms with van der Waals surface area (Å²) in [7, 11) is 0. The van der Waals surface area contributed by atoms with Gasteiger partial charge in [-0.3, -0.25) is 14.3 Å². The van der Waals surface area contributed by atoms with Gasteiger partial charge in [0.15, 0.2) is 5.69 Å². The number of carbonyl (C=O) groups excluding carboxylic acids is 2. The van der Waals surface area contributed by atoms with Gasteiger partial charge in [-0.25, -0.2) is 0 Å². The van der Waals surface area contributed by atoms with Crippen LogP contribution in [0.25, 0.3) is 10.9 Å². The second-order valence-corrected chi connectivity index (χ2v) is 9.74. The second-order valence-electron chi connectivity index (χ2n) is 9.74. The summed E-state index contributed by atoms with van der Waals surface area (Å²) in [5.41, 5.74) is 2.24. The van der Waals surface area contributed by atoms with Gasteiger partial charge in [0.25, 0.3) is 5.91 Å². The first kappa shape index (κ1) is 22.5. The lowest BCUT2D eigenvalue weighted by molar-refractivity contribution is -0.126. The minimum atomic E-state index is -0.673. The molecule has 0 saturated heterocycles. The number of rotatable bonds is 6. The molecule has 4 rings (SSSR count). The van der Waals surface area contributed by atoms with Crippen LogP contribution in [0.3, 0.4) is 0 Å². The Hall–Kier alpha value is -3.66. The Labute approximate surface area is 193 Å². The molecule has 1 aliphatic rings. The van der Waals surface area contributed by atoms with Crippen LogP contribution in [-0.2, 0) is 11.3 Å². The summed E-state index contributed by atoms with van der Waals surface area (Å²) in [6.45, 7) is 6.30. The van der Waals surface area contributed by atoms with Crippen molar-refractivity contribution in [3.05, 3.63) is 65.4 Å². The Morgan fingerprint density at radius 3 is 2.45 bits per heavy atom. The largest absolute Gasteiger partial charge is 0.352 e. The van der Waals surface area contributed by atoms with E-state index in [-0.39, 0.29) is 17.9 Å². The number of para-hydroxylation sites is 1. The van der Waals surface area contributed by atoms with E-state index < -0.39 is 11.5 Å². The zero-order chi connectivity index (χ0) is 23.6. The molecule has 0 unspecified atom stereocenters. The SMILES string of the molecule is CC(C)(C)[C@H](NC(=O)c1nn(Cc2ccc(C#N)cc2)c2ccccc12)C(=O)NC1CCC1. The van der Waals surface area contributed by atoms with Crippen molar-refractivity contribution in [2.24, 2.45) is 5.41 Å². The molecule has 1 saturated carbocycles. The zero-order valence-electron chi connectivity index (χ0n) is 19.3. The Kier molecular flexibility index (Phi) is 6.19. The van der Waals surface area contributed by atoms with Crippen molar-refractivity contribution >= 4 is 22.7 Å². The molecule has 3 aromatic rings. The molecule has 2 N–H and O–H groups in total. The van der Waals surface area contributed by atoms with E-state index in [4.69, 9.17) is 5.26 Å². The normalized spacial score (nSPS) is 14.8. The highest BCUT2D eigenvalue weighted by atomic mass is 16.2. The van der Waals surface area contributed by atoms with Crippen molar-refractivity contribution in [1.82, 2.24) is 20.4 Å². The Balaban J connectivity index is 1.60. The highest BCUT2D eigenvalue weighted by molar-refractivity contribution is 6.06. The molecule has 1 heterocycles. The molecule has 7 nitrogen and oxygen atoms in total. The van der Waals surface area contributed by atoms with E-state index in [9.17, 15) is 9.59 Å². The molecule has 1 atom stereocenters. The summed E-state index contributed by atoms with van der Waals surface area (Å²) in [5.74, 6) is -0.518. The minimum Gasteiger partial charge on any atom is -0.352 e. The van der Waals surface area contributed by atoms with Gasteiger partial charge in [0.1, 0.15) is 6.04 Å². The van der Waals surface area contributed by atoms with Crippen LogP contribution in [0.15, 0.2) is 48.5 Å². The molecule has 170 valence electrons. The second kappa shape index (κ2) is 9.07. The topological polar surface area (TPSA) is 99.8 Å². The standard InChI is InChI=1S/C26H29N5O2/c1-26(2,3)23(25(33)28-19-7-6-8-19)29-24(32)22-20-9-4-5-10-21(20)31(30-22)16-18-13-11-17(15-27)12-14-18/h4-5,9-14,19,23H,6-8,16H2,1-3H3,(H,28,33)(H,29,32)/t23-/m1/s1. The van der Waals surface area contributed by atoms with E-state index >= 15 is 0 Å². The molecule has 0 spiro atoms. The van der Waals surface area contributed by atoms with Crippen LogP contribution in [0.1, 0.15) is 61.6 Å². The molecule has 0 radical (unpaired) electrons. The predicted molar refractivity (Wildman–Crippen MR) is 126 cm³/mol. The zero-order valence-corrected chi connectivity index (χ0v) is 19.3. The number of benzene rings is 2. The van der Waals surface area contributed by atoms with Gasteiger partial charge in [-0.2, -0.15) is 10.4 Å². The monoisotopic (exact) mass is 443 g/mol. The fourth-order valence-corrected chi connectivity index (χ4v) is 3.99. The molecule has 1 fully saturated rings. The number of carbonyl (C=O) groups is 2. The molecule has 0 aliphatic heterocycles. The number of nitrogens with one attached hydrogen (secondary N) is 2. The van der Waals surface area contributed by atoms with Crippen LogP contribution in [0, 0.1) is 16.7 Å². The summed E-state index contributed by atoms with van der Waals surface area (Å²) in [6, 6.07) is 16.5. The van der Waals surface area contributed by atoms with Gasteiger partial charge >= 0.3 is 0 Å². The van der Waals surface area contributed by atoms with Crippen LogP contribution in [0.2, 0.25) is 0 Å². The quantitative estimate of drug-likeness (QED) is 0.606. The molecule has 0 bridgehead atoms. The van der Waals surface area contributed by atoms with E-state index in [1.165, 1.54) is 0 Å². The number of amides is 2. The minimum absolute atomic E-state index is 0.151. The van der Waals surface area contributed by atoms with Gasteiger partial charge in [0.05, 0.1) is 23.7 Å². The summed E-state index contributed by atoms with van der Waals surface area (Å²) in [6.07, 6.45) is 3.10. The smallest absolute Gasteiger partial charge is 0.273 e. The Morgan fingerprint density at radius 2 is 1.85 bits per heavy atom. The number of hydrogen-bond donors (Lipinski definition) is 2. The number of hydrogen-bond acceptors (Lipinski definition) is 4. The highest BCUT2D eigenvalue weighted by Crippen LogP contribution is 2.24. The van der Waals surface area contributed by atoms with Crippen molar-refractivity contribution in [2.45, 2.75) is 58.7 Å². The van der Waals surface area contributed by atoms with Crippen molar-refractivity contribution < 1.29 is 9.59 Å². The van der Waals surface area contributed by atoms with E-state index in [1.54, 1.807) is 16.8 Å². The number of nitriles is 1. The molecule has 1 aliphatic carbocycles. The van der Waals surface area contributed by atoms with E-state index in [0.717, 1.165) is 35.7 Å². The Bertz CT molecular complexity index is 1210. The van der Waals surface area contributed by atoms with E-state index in [0.29, 0.717) is 17.8 Å². The summed E-state index contributed by atoms with van der Waals surface area (Å²) in [5, 5.41) is 20.4. The third-order valence-corrected chi connectivity index (χ3v) is 6.14. The fourth-order valence-electron chi connectivity index (χ4n) is 3.99. The van der Waals surface area contributed by atoms with Gasteiger partial charge in [-0.1, -0.05) is 51.1 Å². The molecular weight excluding hydrogens is 414 g/mol. The first-order valence-corrected chi connectivity index (χ1v) is 11.3. The maximum Gasteiger partial charge on any atom is 0.273 e. The van der Waals surface area contributed by atoms with Gasteiger partial charge < -0.3 is 10.6 Å². The van der Waals surface area contributed by atoms with Crippen molar-refractivity contribution in [3.8, 4) is 6.07 Å².